The molecule has 2 aromatic rings. The predicted octanol–water partition coefficient (Wildman–Crippen LogP) is 4.30. The van der Waals surface area contributed by atoms with Crippen LogP contribution in [0, 0.1) is 0 Å². The lowest BCUT2D eigenvalue weighted by atomic mass is 10.1. The number of aldehydes is 1. The van der Waals surface area contributed by atoms with Gasteiger partial charge in [-0.15, -0.1) is 0 Å². The summed E-state index contributed by atoms with van der Waals surface area (Å²) in [7, 11) is 6.20. The molecule has 27 heavy (non-hydrogen) atoms. The average molecular weight is 378 g/mol. The molecule has 2 rings (SSSR count). The highest BCUT2D eigenvalue weighted by Crippen LogP contribution is 2.35. The Kier molecular flexibility index (Phi) is 11.3. The minimum Gasteiger partial charge on any atom is -0.493 e. The van der Waals surface area contributed by atoms with Crippen LogP contribution in [0.4, 0.5) is 0 Å². The summed E-state index contributed by atoms with van der Waals surface area (Å²) in [6.45, 7) is 1.92. The van der Waals surface area contributed by atoms with Crippen LogP contribution in [-0.4, -0.2) is 39.8 Å². The topological polar surface area (TPSA) is 74.2 Å². The van der Waals surface area contributed by atoms with Gasteiger partial charge >= 0.3 is 0 Å². The fraction of sp³-hybridized carbons (Fsp3) is 0.381. The second-order valence-electron chi connectivity index (χ2n) is 5.21. The van der Waals surface area contributed by atoms with E-state index in [4.69, 9.17) is 18.9 Å². The number of rotatable bonds is 7. The van der Waals surface area contributed by atoms with Crippen molar-refractivity contribution in [3.8, 4) is 23.0 Å². The molecule has 0 aromatic heterocycles. The smallest absolute Gasteiger partial charge is 0.171 e. The van der Waals surface area contributed by atoms with Crippen LogP contribution < -0.4 is 18.9 Å². The maximum Gasteiger partial charge on any atom is 0.171 e. The Balaban J connectivity index is 0.000000488. The highest BCUT2D eigenvalue weighted by atomic mass is 16.5. The van der Waals surface area contributed by atoms with Gasteiger partial charge in [-0.3, -0.25) is 4.79 Å². The molecule has 1 unspecified atom stereocenters. The van der Waals surface area contributed by atoms with Crippen LogP contribution in [0.1, 0.15) is 42.8 Å². The molecule has 1 atom stereocenters. The number of carbonyl (C=O) groups is 1. The molecular formula is C21H30O6. The maximum atomic E-state index is 10.5. The Morgan fingerprint density at radius 1 is 0.889 bits per heavy atom. The lowest BCUT2D eigenvalue weighted by molar-refractivity contribution is 0.112. The van der Waals surface area contributed by atoms with E-state index >= 15 is 0 Å². The van der Waals surface area contributed by atoms with Gasteiger partial charge in [0, 0.05) is 5.56 Å². The standard InChI is InChI=1S/C11H16O3.C9H10O3.CH4/c1-4-9(12)8-6-5-7-10(13-2)11(8)14-3;1-11-8-5-3-4-7(6-10)9(8)12-2;/h5-7,9,12H,4H2,1-3H3;3-6H,1-2H3;1H4. The molecule has 0 bridgehead atoms. The van der Waals surface area contributed by atoms with E-state index in [-0.39, 0.29) is 7.43 Å². The zero-order chi connectivity index (χ0) is 19.5. The molecule has 1 N–H and O–H groups in total. The summed E-state index contributed by atoms with van der Waals surface area (Å²) in [5.74, 6) is 2.32. The molecule has 150 valence electrons. The van der Waals surface area contributed by atoms with Crippen LogP contribution in [0.5, 0.6) is 23.0 Å². The van der Waals surface area contributed by atoms with Gasteiger partial charge < -0.3 is 24.1 Å². The summed E-state index contributed by atoms with van der Waals surface area (Å²) in [5, 5.41) is 9.73. The van der Waals surface area contributed by atoms with Gasteiger partial charge in [-0.1, -0.05) is 32.5 Å². The molecule has 6 nitrogen and oxygen atoms in total. The van der Waals surface area contributed by atoms with Crippen LogP contribution in [0.2, 0.25) is 0 Å². The zero-order valence-electron chi connectivity index (χ0n) is 15.8. The second-order valence-corrected chi connectivity index (χ2v) is 5.21. The minimum atomic E-state index is -0.500. The quantitative estimate of drug-likeness (QED) is 0.724. The molecule has 0 aliphatic heterocycles. The first-order valence-corrected chi connectivity index (χ1v) is 8.12. The summed E-state index contributed by atoms with van der Waals surface area (Å²) in [6, 6.07) is 10.7. The van der Waals surface area contributed by atoms with Crippen molar-refractivity contribution >= 4 is 6.29 Å². The van der Waals surface area contributed by atoms with Gasteiger partial charge in [-0.25, -0.2) is 0 Å². The van der Waals surface area contributed by atoms with Crippen LogP contribution in [0.25, 0.3) is 0 Å². The van der Waals surface area contributed by atoms with Gasteiger partial charge in [-0.2, -0.15) is 0 Å². The summed E-state index contributed by atoms with van der Waals surface area (Å²) in [4.78, 5) is 10.5. The van der Waals surface area contributed by atoms with Crippen LogP contribution in [0.3, 0.4) is 0 Å². The number of carbonyl (C=O) groups excluding carboxylic acids is 1. The number of aliphatic hydroxyl groups excluding tert-OH is 1. The van der Waals surface area contributed by atoms with Crippen molar-refractivity contribution in [2.45, 2.75) is 26.9 Å². The second kappa shape index (κ2) is 12.6. The fourth-order valence-electron chi connectivity index (χ4n) is 2.40. The molecule has 6 heteroatoms. The summed E-state index contributed by atoms with van der Waals surface area (Å²) < 4.78 is 20.3. The zero-order valence-corrected chi connectivity index (χ0v) is 15.8. The van der Waals surface area contributed by atoms with Crippen molar-refractivity contribution < 1.29 is 28.8 Å². The number of aliphatic hydroxyl groups is 1. The van der Waals surface area contributed by atoms with E-state index in [1.807, 2.05) is 25.1 Å². The van der Waals surface area contributed by atoms with Crippen molar-refractivity contribution in [1.82, 2.24) is 0 Å². The normalized spacial score (nSPS) is 10.4. The highest BCUT2D eigenvalue weighted by molar-refractivity contribution is 5.81. The first-order valence-electron chi connectivity index (χ1n) is 8.12. The number of benzene rings is 2. The van der Waals surface area contributed by atoms with E-state index in [0.29, 0.717) is 35.0 Å². The van der Waals surface area contributed by atoms with E-state index in [9.17, 15) is 9.90 Å². The number of hydrogen-bond donors (Lipinski definition) is 1. The van der Waals surface area contributed by atoms with Crippen molar-refractivity contribution in [2.24, 2.45) is 0 Å². The first-order chi connectivity index (χ1) is 12.6. The van der Waals surface area contributed by atoms with Crippen molar-refractivity contribution in [1.29, 1.82) is 0 Å². The van der Waals surface area contributed by atoms with E-state index < -0.39 is 6.10 Å². The molecule has 0 fully saturated rings. The van der Waals surface area contributed by atoms with Crippen molar-refractivity contribution in [3.05, 3.63) is 47.5 Å². The molecule has 0 heterocycles. The third-order valence-corrected chi connectivity index (χ3v) is 3.74. The van der Waals surface area contributed by atoms with Crippen molar-refractivity contribution in [2.75, 3.05) is 28.4 Å². The molecule has 0 aliphatic carbocycles. The third-order valence-electron chi connectivity index (χ3n) is 3.74. The molecule has 0 radical (unpaired) electrons. The molecule has 0 saturated carbocycles. The van der Waals surface area contributed by atoms with E-state index in [0.717, 1.165) is 11.8 Å². The van der Waals surface area contributed by atoms with Gasteiger partial charge in [0.25, 0.3) is 0 Å². The maximum absolute atomic E-state index is 10.5. The predicted molar refractivity (Wildman–Crippen MR) is 106 cm³/mol. The number of methoxy groups -OCH3 is 4. The number of ether oxygens (including phenoxy) is 4. The van der Waals surface area contributed by atoms with Gasteiger partial charge in [0.1, 0.15) is 0 Å². The van der Waals surface area contributed by atoms with Crippen LogP contribution >= 0.6 is 0 Å². The first kappa shape index (κ1) is 24.3. The monoisotopic (exact) mass is 378 g/mol. The van der Waals surface area contributed by atoms with Crippen LogP contribution in [-0.2, 0) is 0 Å². The van der Waals surface area contributed by atoms with E-state index in [1.54, 1.807) is 32.4 Å². The average Bonchev–Trinajstić information content (AvgIpc) is 2.71. The number of hydrogen-bond acceptors (Lipinski definition) is 6. The Bertz CT molecular complexity index is 699. The summed E-state index contributed by atoms with van der Waals surface area (Å²) in [5.41, 5.74) is 1.27. The fourth-order valence-corrected chi connectivity index (χ4v) is 2.40. The van der Waals surface area contributed by atoms with Gasteiger partial charge in [0.15, 0.2) is 29.3 Å². The Hall–Kier alpha value is -2.73. The SMILES string of the molecule is C.CCC(O)c1cccc(OC)c1OC.COc1cccc(C=O)c1OC. The Morgan fingerprint density at radius 2 is 1.41 bits per heavy atom. The number of para-hydroxylation sites is 2. The molecule has 2 aromatic carbocycles. The van der Waals surface area contributed by atoms with Gasteiger partial charge in [0.2, 0.25) is 0 Å². The molecule has 0 saturated heterocycles. The minimum absolute atomic E-state index is 0. The van der Waals surface area contributed by atoms with E-state index in [1.165, 1.54) is 14.2 Å². The van der Waals surface area contributed by atoms with Gasteiger partial charge in [-0.05, 0) is 24.6 Å². The third kappa shape index (κ3) is 6.18. The molecule has 0 aliphatic rings. The molecular weight excluding hydrogens is 348 g/mol. The van der Waals surface area contributed by atoms with Crippen molar-refractivity contribution in [3.63, 3.8) is 0 Å². The summed E-state index contributed by atoms with van der Waals surface area (Å²) >= 11 is 0. The summed E-state index contributed by atoms with van der Waals surface area (Å²) in [6.07, 6.45) is 0.894. The molecule has 0 spiro atoms. The van der Waals surface area contributed by atoms with E-state index in [2.05, 4.69) is 0 Å². The Labute approximate surface area is 161 Å². The van der Waals surface area contributed by atoms with Crippen LogP contribution in [0.15, 0.2) is 36.4 Å². The van der Waals surface area contributed by atoms with Gasteiger partial charge in [0.05, 0.1) is 40.1 Å². The molecule has 0 amide bonds. The largest absolute Gasteiger partial charge is 0.493 e. The lowest BCUT2D eigenvalue weighted by Gasteiger charge is -2.15. The lowest BCUT2D eigenvalue weighted by Crippen LogP contribution is -2.00. The Morgan fingerprint density at radius 3 is 1.85 bits per heavy atom. The highest BCUT2D eigenvalue weighted by Gasteiger charge is 2.14.